The predicted octanol–water partition coefficient (Wildman–Crippen LogP) is 1.64. The number of benzene rings is 1. The van der Waals surface area contributed by atoms with Gasteiger partial charge in [0.15, 0.2) is 9.84 Å². The third kappa shape index (κ3) is 7.37. The fraction of sp³-hybridized carbons (Fsp3) is 0.423. The van der Waals surface area contributed by atoms with Gasteiger partial charge in [0.05, 0.1) is 29.3 Å². The van der Waals surface area contributed by atoms with E-state index in [9.17, 15) is 18.0 Å². The average Bonchev–Trinajstić information content (AvgIpc) is 2.92. The Hall–Kier alpha value is -3.28. The van der Waals surface area contributed by atoms with Gasteiger partial charge in [0.2, 0.25) is 0 Å². The van der Waals surface area contributed by atoms with Crippen molar-refractivity contribution < 1.29 is 22.7 Å². The number of rotatable bonds is 8. The molecule has 2 aliphatic heterocycles. The third-order valence-corrected chi connectivity index (χ3v) is 8.13. The number of piperazine rings is 1. The predicted molar refractivity (Wildman–Crippen MR) is 142 cm³/mol. The summed E-state index contributed by atoms with van der Waals surface area (Å²) in [5.74, 6) is -0.533. The fourth-order valence-electron chi connectivity index (χ4n) is 4.22. The summed E-state index contributed by atoms with van der Waals surface area (Å²) in [4.78, 5) is 35.6. The molecule has 0 saturated carbocycles. The van der Waals surface area contributed by atoms with E-state index < -0.39 is 15.8 Å². The first-order chi connectivity index (χ1) is 17.8. The topological polar surface area (TPSA) is 112 Å². The molecule has 1 aromatic carbocycles. The van der Waals surface area contributed by atoms with Gasteiger partial charge in [-0.3, -0.25) is 14.8 Å². The van der Waals surface area contributed by atoms with Gasteiger partial charge in [0.1, 0.15) is 6.61 Å². The Morgan fingerprint density at radius 3 is 2.38 bits per heavy atom. The lowest BCUT2D eigenvalue weighted by Gasteiger charge is -2.33. The van der Waals surface area contributed by atoms with Crippen LogP contribution in [0.25, 0.3) is 6.08 Å². The first-order valence-electron chi connectivity index (χ1n) is 12.4. The van der Waals surface area contributed by atoms with Crippen LogP contribution in [0.15, 0.2) is 49.2 Å². The second-order valence-electron chi connectivity index (χ2n) is 9.07. The van der Waals surface area contributed by atoms with Crippen LogP contribution in [0.5, 0.6) is 0 Å². The van der Waals surface area contributed by atoms with Crippen molar-refractivity contribution >= 4 is 33.6 Å². The first-order valence-corrected chi connectivity index (χ1v) is 14.2. The lowest BCUT2D eigenvalue weighted by atomic mass is 10.2. The lowest BCUT2D eigenvalue weighted by molar-refractivity contribution is 0.0455. The summed E-state index contributed by atoms with van der Waals surface area (Å²) in [7, 11) is -3.12. The maximum absolute atomic E-state index is 13.4. The molecule has 0 bridgehead atoms. The van der Waals surface area contributed by atoms with Crippen molar-refractivity contribution in [1.82, 2.24) is 20.1 Å². The maximum Gasteiger partial charge on any atom is 0.339 e. The van der Waals surface area contributed by atoms with Gasteiger partial charge in [-0.05, 0) is 29.8 Å². The molecule has 0 atom stereocenters. The van der Waals surface area contributed by atoms with Crippen molar-refractivity contribution in [2.24, 2.45) is 0 Å². The van der Waals surface area contributed by atoms with Gasteiger partial charge in [-0.25, -0.2) is 18.0 Å². The highest BCUT2D eigenvalue weighted by atomic mass is 32.2. The molecule has 0 aliphatic carbocycles. The van der Waals surface area contributed by atoms with Crippen LogP contribution in [0.1, 0.15) is 21.6 Å². The van der Waals surface area contributed by atoms with Crippen molar-refractivity contribution in [3.8, 4) is 0 Å². The molecular formula is C26H33N5O5S. The van der Waals surface area contributed by atoms with Gasteiger partial charge < -0.3 is 15.0 Å². The third-order valence-electron chi connectivity index (χ3n) is 6.52. The van der Waals surface area contributed by atoms with E-state index in [2.05, 4.69) is 21.8 Å². The zero-order valence-corrected chi connectivity index (χ0v) is 21.7. The van der Waals surface area contributed by atoms with Gasteiger partial charge in [-0.15, -0.1) is 0 Å². The SMILES string of the molecule is C=Cc1ccc(N(Cc2ccc(C(=O)OCCN3CCNCC3)cn2)C(=O)N2CCS(=O)(=O)CC2)cc1. The highest BCUT2D eigenvalue weighted by molar-refractivity contribution is 7.91. The second kappa shape index (κ2) is 12.3. The molecule has 1 aromatic heterocycles. The van der Waals surface area contributed by atoms with E-state index in [0.717, 1.165) is 31.7 Å². The molecule has 0 unspecified atom stereocenters. The van der Waals surface area contributed by atoms with Gasteiger partial charge in [-0.1, -0.05) is 24.8 Å². The number of nitrogens with zero attached hydrogens (tertiary/aromatic N) is 4. The van der Waals surface area contributed by atoms with Crippen LogP contribution >= 0.6 is 0 Å². The number of ether oxygens (including phenoxy) is 1. The van der Waals surface area contributed by atoms with E-state index in [1.807, 2.05) is 24.3 Å². The Balaban J connectivity index is 1.41. The highest BCUT2D eigenvalue weighted by Gasteiger charge is 2.29. The average molecular weight is 528 g/mol. The number of amides is 2. The molecule has 2 aromatic rings. The molecule has 10 nitrogen and oxygen atoms in total. The zero-order chi connectivity index (χ0) is 26.3. The van der Waals surface area contributed by atoms with Crippen LogP contribution in [0, 0.1) is 0 Å². The minimum atomic E-state index is -3.12. The van der Waals surface area contributed by atoms with Crippen LogP contribution in [0.4, 0.5) is 10.5 Å². The molecular weight excluding hydrogens is 494 g/mol. The number of carbonyl (C=O) groups is 2. The number of carbonyl (C=O) groups excluding carboxylic acids is 2. The smallest absolute Gasteiger partial charge is 0.339 e. The summed E-state index contributed by atoms with van der Waals surface area (Å²) < 4.78 is 29.1. The Morgan fingerprint density at radius 2 is 1.76 bits per heavy atom. The largest absolute Gasteiger partial charge is 0.461 e. The highest BCUT2D eigenvalue weighted by Crippen LogP contribution is 2.21. The zero-order valence-electron chi connectivity index (χ0n) is 20.8. The molecule has 1 N–H and O–H groups in total. The van der Waals surface area contributed by atoms with E-state index in [1.165, 1.54) is 6.20 Å². The Morgan fingerprint density at radius 1 is 1.05 bits per heavy atom. The quantitative estimate of drug-likeness (QED) is 0.516. The van der Waals surface area contributed by atoms with E-state index in [0.29, 0.717) is 30.1 Å². The molecule has 198 valence electrons. The Bertz CT molecular complexity index is 1180. The molecule has 3 heterocycles. The lowest BCUT2D eigenvalue weighted by Crippen LogP contribution is -2.49. The molecule has 0 radical (unpaired) electrons. The van der Waals surface area contributed by atoms with Crippen molar-refractivity contribution in [1.29, 1.82) is 0 Å². The maximum atomic E-state index is 13.4. The van der Waals surface area contributed by atoms with Crippen LogP contribution < -0.4 is 10.2 Å². The minimum Gasteiger partial charge on any atom is -0.461 e. The molecule has 2 saturated heterocycles. The summed E-state index contributed by atoms with van der Waals surface area (Å²) in [5.41, 5.74) is 2.50. The van der Waals surface area contributed by atoms with E-state index in [4.69, 9.17) is 4.74 Å². The number of esters is 1. The van der Waals surface area contributed by atoms with Gasteiger partial charge in [-0.2, -0.15) is 0 Å². The van der Waals surface area contributed by atoms with Crippen LogP contribution in [-0.2, 0) is 21.1 Å². The van der Waals surface area contributed by atoms with Gasteiger partial charge >= 0.3 is 12.0 Å². The van der Waals surface area contributed by atoms with Crippen LogP contribution in [-0.4, -0.2) is 99.1 Å². The molecule has 2 amide bonds. The van der Waals surface area contributed by atoms with Crippen LogP contribution in [0.3, 0.4) is 0 Å². The number of pyridine rings is 1. The summed E-state index contributed by atoms with van der Waals surface area (Å²) in [6, 6.07) is 10.4. The first kappa shape index (κ1) is 26.8. The summed E-state index contributed by atoms with van der Waals surface area (Å²) in [6.45, 7) is 8.98. The second-order valence-corrected chi connectivity index (χ2v) is 11.4. The monoisotopic (exact) mass is 527 g/mol. The summed E-state index contributed by atoms with van der Waals surface area (Å²) in [5, 5.41) is 3.29. The number of hydrogen-bond acceptors (Lipinski definition) is 8. The number of urea groups is 1. The standard InChI is InChI=1S/C26H33N5O5S/c1-2-21-3-7-24(8-4-21)31(26(33)30-14-17-37(34,35)18-15-30)20-23-6-5-22(19-28-23)25(32)36-16-13-29-11-9-27-10-12-29/h2-8,19,27H,1,9-18,20H2. The molecule has 4 rings (SSSR count). The summed E-state index contributed by atoms with van der Waals surface area (Å²) >= 11 is 0. The Kier molecular flexibility index (Phi) is 8.91. The van der Waals surface area contributed by atoms with Gasteiger partial charge in [0.25, 0.3) is 0 Å². The van der Waals surface area contributed by atoms with Crippen molar-refractivity contribution in [2.75, 3.05) is 68.8 Å². The van der Waals surface area contributed by atoms with Crippen LogP contribution in [0.2, 0.25) is 0 Å². The number of anilines is 1. The normalized spacial score (nSPS) is 17.7. The molecule has 37 heavy (non-hydrogen) atoms. The molecule has 2 fully saturated rings. The van der Waals surface area contributed by atoms with E-state index in [1.54, 1.807) is 28.0 Å². The molecule has 11 heteroatoms. The van der Waals surface area contributed by atoms with Crippen molar-refractivity contribution in [3.63, 3.8) is 0 Å². The Labute approximate surface area is 217 Å². The fourth-order valence-corrected chi connectivity index (χ4v) is 5.42. The van der Waals surface area contributed by atoms with E-state index in [-0.39, 0.29) is 37.2 Å². The van der Waals surface area contributed by atoms with Crippen molar-refractivity contribution in [2.45, 2.75) is 6.54 Å². The number of aromatic nitrogens is 1. The summed E-state index contributed by atoms with van der Waals surface area (Å²) in [6.07, 6.45) is 3.17. The number of nitrogens with one attached hydrogen (secondary N) is 1. The van der Waals surface area contributed by atoms with E-state index >= 15 is 0 Å². The number of sulfone groups is 1. The van der Waals surface area contributed by atoms with Crippen molar-refractivity contribution in [3.05, 3.63) is 66.0 Å². The minimum absolute atomic E-state index is 0.0499. The van der Waals surface area contributed by atoms with Gasteiger partial charge in [0, 0.05) is 57.7 Å². The molecule has 0 spiro atoms. The number of hydrogen-bond donors (Lipinski definition) is 1. The molecule has 2 aliphatic rings.